The number of likely N-dealkylation sites (N-methyl/N-ethyl adjacent to an activating group) is 1. The van der Waals surface area contributed by atoms with E-state index >= 15 is 0 Å². The molecule has 0 saturated heterocycles. The Bertz CT molecular complexity index is 1120. The number of carbonyl (C=O) groups is 2. The lowest BCUT2D eigenvalue weighted by molar-refractivity contribution is -0.114. The van der Waals surface area contributed by atoms with E-state index in [9.17, 15) is 14.0 Å². The smallest absolute Gasteiger partial charge is 0.263 e. The Morgan fingerprint density at radius 1 is 1.29 bits per heavy atom. The van der Waals surface area contributed by atoms with Crippen LogP contribution in [0.4, 0.5) is 10.2 Å². The van der Waals surface area contributed by atoms with E-state index in [0.717, 1.165) is 0 Å². The van der Waals surface area contributed by atoms with Crippen molar-refractivity contribution in [1.82, 2.24) is 4.98 Å². The normalized spacial score (nSPS) is 13.6. The molecule has 0 aliphatic heterocycles. The van der Waals surface area contributed by atoms with Crippen molar-refractivity contribution in [2.75, 3.05) is 18.6 Å². The summed E-state index contributed by atoms with van der Waals surface area (Å²) in [6, 6.07) is 6.28. The van der Waals surface area contributed by atoms with E-state index in [1.165, 1.54) is 30.3 Å². The van der Waals surface area contributed by atoms with Gasteiger partial charge in [0.15, 0.2) is 11.6 Å². The minimum Gasteiger partial charge on any atom is -0.490 e. The number of aromatic nitrogens is 1. The average Bonchev–Trinajstić information content (AvgIpc) is 2.73. The monoisotopic (exact) mass is 463 g/mol. The fourth-order valence-electron chi connectivity index (χ4n) is 3.16. The molecule has 0 saturated carbocycles. The van der Waals surface area contributed by atoms with Gasteiger partial charge in [0, 0.05) is 40.0 Å². The Hall–Kier alpha value is -2.90. The molecule has 2 N–H and O–H groups in total. The first-order chi connectivity index (χ1) is 14.7. The van der Waals surface area contributed by atoms with E-state index in [2.05, 4.69) is 4.98 Å². The van der Waals surface area contributed by atoms with Gasteiger partial charge in [-0.1, -0.05) is 23.2 Å². The summed E-state index contributed by atoms with van der Waals surface area (Å²) in [6.07, 6.45) is 3.65. The Morgan fingerprint density at radius 3 is 2.68 bits per heavy atom. The first-order valence-corrected chi connectivity index (χ1v) is 10.3. The summed E-state index contributed by atoms with van der Waals surface area (Å²) in [5.41, 5.74) is 6.55. The van der Waals surface area contributed by atoms with Crippen LogP contribution < -0.4 is 15.4 Å². The number of hydrogen-bond acceptors (Lipinski definition) is 4. The molecule has 1 heterocycles. The molecule has 0 fully saturated rings. The number of pyridine rings is 1. The maximum absolute atomic E-state index is 14.3. The first kappa shape index (κ1) is 22.8. The van der Waals surface area contributed by atoms with Crippen molar-refractivity contribution in [3.8, 4) is 16.9 Å². The zero-order valence-electron chi connectivity index (χ0n) is 16.9. The highest BCUT2D eigenvalue weighted by molar-refractivity contribution is 6.34. The van der Waals surface area contributed by atoms with Crippen LogP contribution in [-0.2, 0) is 4.79 Å². The molecule has 1 aromatic heterocycles. The number of rotatable bonds is 6. The van der Waals surface area contributed by atoms with Crippen LogP contribution in [0.15, 0.2) is 53.0 Å². The second kappa shape index (κ2) is 9.49. The van der Waals surface area contributed by atoms with Gasteiger partial charge in [-0.3, -0.25) is 14.5 Å². The number of ether oxygens (including phenoxy) is 1. The van der Waals surface area contributed by atoms with Gasteiger partial charge in [-0.25, -0.2) is 9.37 Å². The number of hydrogen-bond donors (Lipinski definition) is 1. The minimum absolute atomic E-state index is 0.168. The lowest BCUT2D eigenvalue weighted by Gasteiger charge is -2.22. The Balaban J connectivity index is 2.04. The number of carbonyl (C=O) groups excluding carboxylic acids is 2. The zero-order valence-corrected chi connectivity index (χ0v) is 18.4. The Morgan fingerprint density at radius 2 is 2.03 bits per heavy atom. The molecule has 2 aromatic rings. The molecule has 1 aliphatic rings. The van der Waals surface area contributed by atoms with Gasteiger partial charge < -0.3 is 10.5 Å². The van der Waals surface area contributed by atoms with Crippen LogP contribution in [-0.4, -0.2) is 30.5 Å². The van der Waals surface area contributed by atoms with E-state index in [0.29, 0.717) is 35.6 Å². The maximum atomic E-state index is 14.3. The highest BCUT2D eigenvalue weighted by Crippen LogP contribution is 2.36. The third kappa shape index (κ3) is 4.73. The molecule has 31 heavy (non-hydrogen) atoms. The molecule has 0 radical (unpaired) electrons. The zero-order chi connectivity index (χ0) is 22.7. The lowest BCUT2D eigenvalue weighted by Crippen LogP contribution is -2.30. The number of nitrogens with two attached hydrogens (primary N) is 1. The molecular formula is C22H20Cl2FN3O3. The third-order valence-electron chi connectivity index (χ3n) is 4.73. The molecule has 0 spiro atoms. The largest absolute Gasteiger partial charge is 0.490 e. The van der Waals surface area contributed by atoms with Crippen molar-refractivity contribution in [3.63, 3.8) is 0 Å². The van der Waals surface area contributed by atoms with E-state index in [-0.39, 0.29) is 27.7 Å². The van der Waals surface area contributed by atoms with Gasteiger partial charge in [-0.15, -0.1) is 0 Å². The van der Waals surface area contributed by atoms with Crippen LogP contribution >= 0.6 is 23.2 Å². The molecule has 2 amide bonds. The second-order valence-corrected chi connectivity index (χ2v) is 7.64. The number of amides is 2. The van der Waals surface area contributed by atoms with Crippen LogP contribution in [0.5, 0.6) is 5.75 Å². The van der Waals surface area contributed by atoms with Crippen molar-refractivity contribution >= 4 is 40.8 Å². The van der Waals surface area contributed by atoms with Gasteiger partial charge in [-0.05, 0) is 50.1 Å². The molecule has 0 atom stereocenters. The number of allylic oxidation sites excluding steroid dienone is 2. The molecule has 1 aromatic carbocycles. The Labute approximate surface area is 189 Å². The lowest BCUT2D eigenvalue weighted by atomic mass is 10.0. The summed E-state index contributed by atoms with van der Waals surface area (Å²) >= 11 is 12.4. The number of primary amides is 1. The summed E-state index contributed by atoms with van der Waals surface area (Å²) < 4.78 is 20.0. The number of nitrogens with zero attached hydrogens (tertiary/aromatic N) is 2. The van der Waals surface area contributed by atoms with Gasteiger partial charge in [0.1, 0.15) is 5.83 Å². The van der Waals surface area contributed by atoms with Crippen molar-refractivity contribution < 1.29 is 18.7 Å². The molecular weight excluding hydrogens is 444 g/mol. The van der Waals surface area contributed by atoms with Gasteiger partial charge in [0.05, 0.1) is 12.2 Å². The third-order valence-corrected chi connectivity index (χ3v) is 5.44. The highest BCUT2D eigenvalue weighted by Gasteiger charge is 2.28. The predicted molar refractivity (Wildman–Crippen MR) is 119 cm³/mol. The number of halogens is 3. The van der Waals surface area contributed by atoms with Crippen LogP contribution in [0, 0.1) is 0 Å². The summed E-state index contributed by atoms with van der Waals surface area (Å²) in [5, 5.41) is 0.555. The number of anilines is 1. The maximum Gasteiger partial charge on any atom is 0.263 e. The van der Waals surface area contributed by atoms with Gasteiger partial charge in [0.2, 0.25) is 5.91 Å². The first-order valence-electron chi connectivity index (χ1n) is 9.49. The van der Waals surface area contributed by atoms with E-state index in [4.69, 9.17) is 33.7 Å². The van der Waals surface area contributed by atoms with Crippen molar-refractivity contribution in [1.29, 1.82) is 0 Å². The highest BCUT2D eigenvalue weighted by atomic mass is 35.5. The quantitative estimate of drug-likeness (QED) is 0.652. The minimum atomic E-state index is -0.655. The molecule has 9 heteroatoms. The summed E-state index contributed by atoms with van der Waals surface area (Å²) in [6.45, 7) is 2.08. The van der Waals surface area contributed by atoms with E-state index in [1.54, 1.807) is 25.1 Å². The van der Waals surface area contributed by atoms with Gasteiger partial charge in [-0.2, -0.15) is 0 Å². The summed E-state index contributed by atoms with van der Waals surface area (Å²) in [5.74, 6) is -1.40. The predicted octanol–water partition coefficient (Wildman–Crippen LogP) is 5.00. The molecule has 3 rings (SSSR count). The SMILES string of the molecule is CCOc1cc(-c2cc(C(N)=O)ccc2Cl)cnc1N(C)C(=O)C1=C(Cl)CCC=C1F. The molecule has 0 unspecified atom stereocenters. The van der Waals surface area contributed by atoms with Gasteiger partial charge in [0.25, 0.3) is 5.91 Å². The van der Waals surface area contributed by atoms with Crippen LogP contribution in [0.3, 0.4) is 0 Å². The van der Waals surface area contributed by atoms with Crippen LogP contribution in [0.25, 0.3) is 11.1 Å². The fraction of sp³-hybridized carbons (Fsp3) is 0.227. The summed E-state index contributed by atoms with van der Waals surface area (Å²) in [4.78, 5) is 30.0. The van der Waals surface area contributed by atoms with Crippen molar-refractivity contribution in [2.24, 2.45) is 5.73 Å². The molecule has 1 aliphatic carbocycles. The van der Waals surface area contributed by atoms with Gasteiger partial charge >= 0.3 is 0 Å². The summed E-state index contributed by atoms with van der Waals surface area (Å²) in [7, 11) is 1.46. The van der Waals surface area contributed by atoms with Crippen LogP contribution in [0.1, 0.15) is 30.1 Å². The average molecular weight is 464 g/mol. The van der Waals surface area contributed by atoms with Crippen molar-refractivity contribution in [3.05, 3.63) is 63.6 Å². The second-order valence-electron chi connectivity index (χ2n) is 6.77. The fourth-order valence-corrected chi connectivity index (χ4v) is 3.67. The topological polar surface area (TPSA) is 85.5 Å². The van der Waals surface area contributed by atoms with E-state index < -0.39 is 17.6 Å². The number of benzene rings is 1. The molecule has 0 bridgehead atoms. The Kier molecular flexibility index (Phi) is 6.97. The van der Waals surface area contributed by atoms with E-state index in [1.807, 2.05) is 0 Å². The van der Waals surface area contributed by atoms with Crippen LogP contribution in [0.2, 0.25) is 5.02 Å². The standard InChI is InChI=1S/C22H20Cl2FN3O3/c1-3-31-18-10-13(14-9-12(20(26)29)7-8-15(14)23)11-27-21(18)28(2)22(30)19-16(24)5-4-6-17(19)25/h6-11H,3-5H2,1-2H3,(H2,26,29). The molecule has 162 valence electrons. The van der Waals surface area contributed by atoms with Crippen molar-refractivity contribution in [2.45, 2.75) is 19.8 Å². The molecule has 6 nitrogen and oxygen atoms in total.